The number of hydrogen-bond donors (Lipinski definition) is 1. The first-order chi connectivity index (χ1) is 14.6. The molecular formula is C25H35NO4. The Labute approximate surface area is 180 Å². The molecule has 1 aliphatic heterocycles. The number of esters is 1. The van der Waals surface area contributed by atoms with Gasteiger partial charge < -0.3 is 14.7 Å². The molecular weight excluding hydrogens is 378 g/mol. The highest BCUT2D eigenvalue weighted by Crippen LogP contribution is 2.51. The Hall–Kier alpha value is -2.14. The van der Waals surface area contributed by atoms with Crippen molar-refractivity contribution in [3.63, 3.8) is 0 Å². The minimum absolute atomic E-state index is 0.0817. The normalized spacial score (nSPS) is 21.2. The summed E-state index contributed by atoms with van der Waals surface area (Å²) in [4.78, 5) is 25.6. The van der Waals surface area contributed by atoms with Crippen molar-refractivity contribution >= 4 is 11.9 Å². The van der Waals surface area contributed by atoms with Crippen molar-refractivity contribution in [3.8, 4) is 0 Å². The molecule has 1 N–H and O–H groups in total. The predicted octanol–water partition coefficient (Wildman–Crippen LogP) is 4.14. The molecule has 2 atom stereocenters. The number of unbranched alkanes of at least 4 members (excludes halogenated alkanes) is 3. The largest absolute Gasteiger partial charge is 0.466 e. The third-order valence-corrected chi connectivity index (χ3v) is 6.43. The van der Waals surface area contributed by atoms with Gasteiger partial charge in [-0.2, -0.15) is 0 Å². The summed E-state index contributed by atoms with van der Waals surface area (Å²) in [5.74, 6) is 0.0785. The monoisotopic (exact) mass is 413 g/mol. The molecule has 5 nitrogen and oxygen atoms in total. The lowest BCUT2D eigenvalue weighted by Gasteiger charge is -2.24. The van der Waals surface area contributed by atoms with Gasteiger partial charge in [0.05, 0.1) is 18.8 Å². The lowest BCUT2D eigenvalue weighted by Crippen LogP contribution is -2.33. The summed E-state index contributed by atoms with van der Waals surface area (Å²) in [6, 6.07) is 10.3. The molecule has 1 amide bonds. The van der Waals surface area contributed by atoms with E-state index in [9.17, 15) is 14.7 Å². The molecule has 1 aromatic rings. The van der Waals surface area contributed by atoms with E-state index in [1.165, 1.54) is 5.56 Å². The van der Waals surface area contributed by atoms with E-state index in [0.717, 1.165) is 51.5 Å². The minimum Gasteiger partial charge on any atom is -0.466 e. The summed E-state index contributed by atoms with van der Waals surface area (Å²) < 4.78 is 4.94. The number of amides is 1. The molecule has 164 valence electrons. The van der Waals surface area contributed by atoms with Crippen LogP contribution in [0.1, 0.15) is 70.3 Å². The molecule has 1 aromatic carbocycles. The zero-order chi connectivity index (χ0) is 21.4. The molecule has 2 fully saturated rings. The van der Waals surface area contributed by atoms with Gasteiger partial charge in [-0.1, -0.05) is 55.3 Å². The van der Waals surface area contributed by atoms with E-state index in [1.807, 2.05) is 42.2 Å². The van der Waals surface area contributed by atoms with Crippen molar-refractivity contribution in [2.45, 2.75) is 82.3 Å². The molecule has 0 spiro atoms. The Balaban J connectivity index is 1.44. The number of rotatable bonds is 12. The number of aliphatic hydroxyl groups excluding tert-OH is 1. The number of carbonyl (C=O) groups is 2. The van der Waals surface area contributed by atoms with E-state index in [1.54, 1.807) is 0 Å². The van der Waals surface area contributed by atoms with Crippen LogP contribution >= 0.6 is 0 Å². The van der Waals surface area contributed by atoms with E-state index in [0.29, 0.717) is 19.4 Å². The lowest BCUT2D eigenvalue weighted by atomic mass is 9.89. The highest BCUT2D eigenvalue weighted by atomic mass is 16.5. The zero-order valence-electron chi connectivity index (χ0n) is 18.1. The Bertz CT molecular complexity index is 726. The molecule has 1 saturated carbocycles. The summed E-state index contributed by atoms with van der Waals surface area (Å²) in [6.07, 6.45) is 11.1. The van der Waals surface area contributed by atoms with Crippen LogP contribution in [0.3, 0.4) is 0 Å². The molecule has 0 radical (unpaired) electrons. The number of ether oxygens (including phenoxy) is 1. The average Bonchev–Trinajstić information content (AvgIpc) is 3.49. The van der Waals surface area contributed by atoms with Gasteiger partial charge in [-0.3, -0.25) is 9.59 Å². The van der Waals surface area contributed by atoms with Gasteiger partial charge in [0.1, 0.15) is 0 Å². The van der Waals surface area contributed by atoms with Crippen molar-refractivity contribution < 1.29 is 19.4 Å². The van der Waals surface area contributed by atoms with Gasteiger partial charge in [0.2, 0.25) is 5.91 Å². The first-order valence-electron chi connectivity index (χ1n) is 11.4. The van der Waals surface area contributed by atoms with E-state index in [2.05, 4.69) is 12.1 Å². The maximum absolute atomic E-state index is 12.3. The molecule has 1 unspecified atom stereocenters. The number of carbonyl (C=O) groups excluding carboxylic acids is 2. The predicted molar refractivity (Wildman–Crippen MR) is 117 cm³/mol. The highest BCUT2D eigenvalue weighted by Gasteiger charge is 2.49. The van der Waals surface area contributed by atoms with Gasteiger partial charge in [-0.05, 0) is 44.6 Å². The number of aliphatic hydroxyl groups is 1. The fourth-order valence-corrected chi connectivity index (χ4v) is 4.46. The Morgan fingerprint density at radius 3 is 2.67 bits per heavy atom. The SMILES string of the molecule is CCOC(=O)CCCCCCN1C(=O)CC[C@@H]1/C=C/C(O)C1(c2ccccc2)CC1. The number of benzene rings is 1. The lowest BCUT2D eigenvalue weighted by molar-refractivity contribution is -0.143. The quantitative estimate of drug-likeness (QED) is 0.318. The standard InChI is InChI=1S/C25H35NO4/c1-2-30-24(29)12-8-3-4-9-19-26-21(14-16-23(26)28)13-15-22(27)25(17-18-25)20-10-6-5-7-11-20/h5-7,10-11,13,15,21-22,27H,2-4,8-9,12,14,16-19H2,1H3/b15-13+/t21-,22?/m0/s1. The van der Waals surface area contributed by atoms with Crippen LogP contribution in [0.2, 0.25) is 0 Å². The second kappa shape index (κ2) is 10.8. The fourth-order valence-electron chi connectivity index (χ4n) is 4.46. The van der Waals surface area contributed by atoms with Crippen LogP contribution in [0.15, 0.2) is 42.5 Å². The Morgan fingerprint density at radius 2 is 1.97 bits per heavy atom. The summed E-state index contributed by atoms with van der Waals surface area (Å²) in [7, 11) is 0. The van der Waals surface area contributed by atoms with E-state index >= 15 is 0 Å². The van der Waals surface area contributed by atoms with E-state index in [-0.39, 0.29) is 23.3 Å². The molecule has 3 rings (SSSR count). The second-order valence-electron chi connectivity index (χ2n) is 8.51. The Morgan fingerprint density at radius 1 is 1.23 bits per heavy atom. The van der Waals surface area contributed by atoms with Gasteiger partial charge >= 0.3 is 5.97 Å². The summed E-state index contributed by atoms with van der Waals surface area (Å²) in [6.45, 7) is 3.00. The van der Waals surface area contributed by atoms with Gasteiger partial charge in [0, 0.05) is 24.8 Å². The summed E-state index contributed by atoms with van der Waals surface area (Å²) >= 11 is 0. The van der Waals surface area contributed by atoms with Gasteiger partial charge in [-0.15, -0.1) is 0 Å². The van der Waals surface area contributed by atoms with Crippen LogP contribution in [0, 0.1) is 0 Å². The first-order valence-corrected chi connectivity index (χ1v) is 11.4. The zero-order valence-corrected chi connectivity index (χ0v) is 18.1. The number of hydrogen-bond acceptors (Lipinski definition) is 4. The van der Waals surface area contributed by atoms with Crippen molar-refractivity contribution in [1.82, 2.24) is 4.90 Å². The van der Waals surface area contributed by atoms with Crippen LogP contribution in [-0.2, 0) is 19.7 Å². The second-order valence-corrected chi connectivity index (χ2v) is 8.51. The van der Waals surface area contributed by atoms with Crippen LogP contribution in [0.5, 0.6) is 0 Å². The van der Waals surface area contributed by atoms with Crippen molar-refractivity contribution in [2.75, 3.05) is 13.2 Å². The molecule has 1 aliphatic carbocycles. The topological polar surface area (TPSA) is 66.8 Å². The molecule has 0 bridgehead atoms. The number of nitrogens with zero attached hydrogens (tertiary/aromatic N) is 1. The number of likely N-dealkylation sites (tertiary alicyclic amines) is 1. The van der Waals surface area contributed by atoms with Crippen LogP contribution in [0.25, 0.3) is 0 Å². The maximum atomic E-state index is 12.3. The van der Waals surface area contributed by atoms with Gasteiger partial charge in [0.25, 0.3) is 0 Å². The van der Waals surface area contributed by atoms with Crippen molar-refractivity contribution in [1.29, 1.82) is 0 Å². The van der Waals surface area contributed by atoms with Crippen LogP contribution < -0.4 is 0 Å². The summed E-state index contributed by atoms with van der Waals surface area (Å²) in [5.41, 5.74) is 1.05. The molecule has 0 aromatic heterocycles. The fraction of sp³-hybridized carbons (Fsp3) is 0.600. The molecule has 1 saturated heterocycles. The van der Waals surface area contributed by atoms with Crippen LogP contribution in [-0.4, -0.2) is 47.2 Å². The van der Waals surface area contributed by atoms with Crippen molar-refractivity contribution in [3.05, 3.63) is 48.0 Å². The van der Waals surface area contributed by atoms with E-state index in [4.69, 9.17) is 4.74 Å². The summed E-state index contributed by atoms with van der Waals surface area (Å²) in [5, 5.41) is 10.8. The van der Waals surface area contributed by atoms with Gasteiger partial charge in [-0.25, -0.2) is 0 Å². The molecule has 2 aliphatic rings. The van der Waals surface area contributed by atoms with Crippen molar-refractivity contribution in [2.24, 2.45) is 0 Å². The smallest absolute Gasteiger partial charge is 0.305 e. The van der Waals surface area contributed by atoms with Gasteiger partial charge in [0.15, 0.2) is 0 Å². The molecule has 5 heteroatoms. The molecule has 30 heavy (non-hydrogen) atoms. The highest BCUT2D eigenvalue weighted by molar-refractivity contribution is 5.79. The average molecular weight is 414 g/mol. The first kappa shape index (κ1) is 22.5. The third-order valence-electron chi connectivity index (χ3n) is 6.43. The maximum Gasteiger partial charge on any atom is 0.305 e. The third kappa shape index (κ3) is 5.72. The minimum atomic E-state index is -0.514. The van der Waals surface area contributed by atoms with E-state index < -0.39 is 6.10 Å². The molecule has 1 heterocycles. The van der Waals surface area contributed by atoms with Crippen LogP contribution in [0.4, 0.5) is 0 Å². The Kier molecular flexibility index (Phi) is 8.08.